The van der Waals surface area contributed by atoms with Crippen LogP contribution in [0.25, 0.3) is 0 Å². The first-order valence-corrected chi connectivity index (χ1v) is 16.4. The third-order valence-corrected chi connectivity index (χ3v) is 8.63. The quantitative estimate of drug-likeness (QED) is 0.0921. The molecule has 4 aromatic rings. The third kappa shape index (κ3) is 8.37. The highest BCUT2D eigenvalue weighted by Gasteiger charge is 2.58. The third-order valence-electron chi connectivity index (χ3n) is 8.63. The number of hydrogen-bond acceptors (Lipinski definition) is 7. The fraction of sp³-hybridized carbons (Fsp3) is 0.350. The molecule has 0 spiro atoms. The number of fused-ring (bicyclic) bond motifs is 1. The Kier molecular flexibility index (Phi) is 11.5. The summed E-state index contributed by atoms with van der Waals surface area (Å²) < 4.78 is 45.6. The van der Waals surface area contributed by atoms with Gasteiger partial charge in [-0.25, -0.2) is 0 Å². The summed E-state index contributed by atoms with van der Waals surface area (Å²) in [6, 6.07) is 38.2. The average Bonchev–Trinajstić information content (AvgIpc) is 3.51. The summed E-state index contributed by atoms with van der Waals surface area (Å²) in [4.78, 5) is 0. The first-order valence-electron chi connectivity index (χ1n) is 16.4. The van der Waals surface area contributed by atoms with Gasteiger partial charge in [0.25, 0.3) is 0 Å². The lowest BCUT2D eigenvalue weighted by atomic mass is 9.97. The van der Waals surface area contributed by atoms with Gasteiger partial charge in [-0.3, -0.25) is 0 Å². The maximum atomic E-state index is 6.98. The van der Waals surface area contributed by atoms with Crippen LogP contribution in [0.3, 0.4) is 0 Å². The summed E-state index contributed by atoms with van der Waals surface area (Å²) in [6.45, 7) is 5.38. The van der Waals surface area contributed by atoms with Crippen LogP contribution in [0.4, 0.5) is 0 Å². The highest BCUT2D eigenvalue weighted by molar-refractivity contribution is 5.27. The van der Waals surface area contributed by atoms with Gasteiger partial charge in [0.15, 0.2) is 12.1 Å². The van der Waals surface area contributed by atoms with Crippen LogP contribution < -0.4 is 4.74 Å². The standard InChI is InChI=1S/C40H44O7/c1-3-4-14-25-40(33-19-12-7-13-20-33)46-38-37(44-27-31-17-10-6-11-18-31)36(43-28-32-21-23-34(41-2)24-22-32)35(45-39(38)47-40)29-42-26-30-15-8-5-9-16-30/h3,5-13,15-24,35-39H,1,4,14,25-29H2,2H3/t35-,36-,37+,38+,39+,40?/m1/s1. The van der Waals surface area contributed by atoms with E-state index in [2.05, 4.69) is 18.7 Å². The maximum absolute atomic E-state index is 6.98. The van der Waals surface area contributed by atoms with Crippen molar-refractivity contribution in [2.24, 2.45) is 0 Å². The SMILES string of the molecule is C=CCCCC1(c2ccccc2)O[C@@H]2O[C@H](COCc3ccccc3)[C@@H](OCc3ccc(OC)cc3)[C@H](OCc3ccccc3)[C@@H]2O1. The molecule has 2 fully saturated rings. The first-order chi connectivity index (χ1) is 23.2. The molecule has 7 heteroatoms. The fourth-order valence-electron chi connectivity index (χ4n) is 6.18. The molecule has 7 nitrogen and oxygen atoms in total. The highest BCUT2D eigenvalue weighted by atomic mass is 16.8. The van der Waals surface area contributed by atoms with Crippen molar-refractivity contribution in [2.75, 3.05) is 13.7 Å². The minimum atomic E-state index is -1.01. The Labute approximate surface area is 278 Å². The van der Waals surface area contributed by atoms with E-state index in [9.17, 15) is 0 Å². The van der Waals surface area contributed by atoms with Gasteiger partial charge in [0.1, 0.15) is 30.2 Å². The zero-order chi connectivity index (χ0) is 32.3. The number of hydrogen-bond donors (Lipinski definition) is 0. The molecule has 2 heterocycles. The van der Waals surface area contributed by atoms with E-state index in [1.807, 2.05) is 109 Å². The van der Waals surface area contributed by atoms with Crippen molar-refractivity contribution in [1.29, 1.82) is 0 Å². The van der Waals surface area contributed by atoms with Crippen LogP contribution in [0.15, 0.2) is 128 Å². The fourth-order valence-corrected chi connectivity index (χ4v) is 6.18. The van der Waals surface area contributed by atoms with Crippen molar-refractivity contribution in [3.05, 3.63) is 150 Å². The molecule has 0 bridgehead atoms. The smallest absolute Gasteiger partial charge is 0.198 e. The van der Waals surface area contributed by atoms with E-state index >= 15 is 0 Å². The normalized spacial score (nSPS) is 25.3. The minimum Gasteiger partial charge on any atom is -0.497 e. The maximum Gasteiger partial charge on any atom is 0.198 e. The summed E-state index contributed by atoms with van der Waals surface area (Å²) >= 11 is 0. The summed E-state index contributed by atoms with van der Waals surface area (Å²) in [7, 11) is 1.66. The van der Waals surface area contributed by atoms with E-state index in [0.717, 1.165) is 40.8 Å². The largest absolute Gasteiger partial charge is 0.497 e. The second-order valence-electron chi connectivity index (χ2n) is 11.9. The van der Waals surface area contributed by atoms with Crippen molar-refractivity contribution in [1.82, 2.24) is 0 Å². The molecule has 6 atom stereocenters. The monoisotopic (exact) mass is 636 g/mol. The molecule has 47 heavy (non-hydrogen) atoms. The number of unbranched alkanes of at least 4 members (excludes halogenated alkanes) is 1. The van der Waals surface area contributed by atoms with Crippen LogP contribution in [0.5, 0.6) is 5.75 Å². The van der Waals surface area contributed by atoms with Gasteiger partial charge >= 0.3 is 0 Å². The minimum absolute atomic E-state index is 0.286. The topological polar surface area (TPSA) is 64.6 Å². The van der Waals surface area contributed by atoms with Crippen LogP contribution in [-0.4, -0.2) is 44.4 Å². The Balaban J connectivity index is 1.30. The number of benzene rings is 4. The molecule has 6 rings (SSSR count). The molecule has 0 aromatic heterocycles. The van der Waals surface area contributed by atoms with E-state index in [4.69, 9.17) is 33.2 Å². The van der Waals surface area contributed by atoms with Gasteiger partial charge in [-0.05, 0) is 41.7 Å². The lowest BCUT2D eigenvalue weighted by Crippen LogP contribution is -2.59. The van der Waals surface area contributed by atoms with Gasteiger partial charge < -0.3 is 33.2 Å². The van der Waals surface area contributed by atoms with Gasteiger partial charge in [-0.2, -0.15) is 0 Å². The number of allylic oxidation sites excluding steroid dienone is 1. The summed E-state index contributed by atoms with van der Waals surface area (Å²) in [5.41, 5.74) is 4.09. The molecule has 4 aromatic carbocycles. The second kappa shape index (κ2) is 16.3. The van der Waals surface area contributed by atoms with Crippen molar-refractivity contribution in [2.45, 2.75) is 75.6 Å². The summed E-state index contributed by atoms with van der Waals surface area (Å²) in [5, 5.41) is 0. The van der Waals surface area contributed by atoms with Crippen molar-refractivity contribution < 1.29 is 33.2 Å². The molecule has 0 saturated carbocycles. The Bertz CT molecular complexity index is 1500. The van der Waals surface area contributed by atoms with E-state index in [1.54, 1.807) is 7.11 Å². The predicted octanol–water partition coefficient (Wildman–Crippen LogP) is 7.73. The Morgan fingerprint density at radius 1 is 0.702 bits per heavy atom. The van der Waals surface area contributed by atoms with Gasteiger partial charge in [0, 0.05) is 12.0 Å². The van der Waals surface area contributed by atoms with Crippen molar-refractivity contribution in [3.8, 4) is 5.75 Å². The van der Waals surface area contributed by atoms with Gasteiger partial charge in [0.2, 0.25) is 0 Å². The van der Waals surface area contributed by atoms with Crippen LogP contribution in [0, 0.1) is 0 Å². The predicted molar refractivity (Wildman–Crippen MR) is 179 cm³/mol. The lowest BCUT2D eigenvalue weighted by molar-refractivity contribution is -0.281. The highest BCUT2D eigenvalue weighted by Crippen LogP contribution is 2.47. The number of methoxy groups -OCH3 is 1. The number of rotatable bonds is 16. The summed E-state index contributed by atoms with van der Waals surface area (Å²) in [5.74, 6) is -0.215. The zero-order valence-corrected chi connectivity index (χ0v) is 26.9. The van der Waals surface area contributed by atoms with Gasteiger partial charge in [-0.15, -0.1) is 6.58 Å². The second-order valence-corrected chi connectivity index (χ2v) is 11.9. The van der Waals surface area contributed by atoms with Crippen LogP contribution in [0.1, 0.15) is 41.5 Å². The van der Waals surface area contributed by atoms with Gasteiger partial charge in [-0.1, -0.05) is 109 Å². The Morgan fingerprint density at radius 3 is 1.94 bits per heavy atom. The number of ether oxygens (including phenoxy) is 7. The van der Waals surface area contributed by atoms with E-state index < -0.39 is 36.5 Å². The molecule has 0 N–H and O–H groups in total. The van der Waals surface area contributed by atoms with Crippen LogP contribution in [-0.2, 0) is 54.0 Å². The summed E-state index contributed by atoms with van der Waals surface area (Å²) in [6.07, 6.45) is 1.50. The Morgan fingerprint density at radius 2 is 1.30 bits per heavy atom. The van der Waals surface area contributed by atoms with Crippen molar-refractivity contribution in [3.63, 3.8) is 0 Å². The van der Waals surface area contributed by atoms with E-state index in [0.29, 0.717) is 26.2 Å². The molecule has 2 aliphatic rings. The molecular formula is C40H44O7. The average molecular weight is 637 g/mol. The molecule has 0 amide bonds. The molecular weight excluding hydrogens is 592 g/mol. The van der Waals surface area contributed by atoms with Crippen molar-refractivity contribution >= 4 is 0 Å². The molecule has 2 saturated heterocycles. The van der Waals surface area contributed by atoms with Crippen LogP contribution in [0.2, 0.25) is 0 Å². The molecule has 0 radical (unpaired) electrons. The molecule has 1 unspecified atom stereocenters. The van der Waals surface area contributed by atoms with E-state index in [-0.39, 0.29) is 6.61 Å². The molecule has 2 aliphatic heterocycles. The molecule has 246 valence electrons. The molecule has 0 aliphatic carbocycles. The van der Waals surface area contributed by atoms with E-state index in [1.165, 1.54) is 0 Å². The first kappa shape index (κ1) is 33.1. The Hall–Kier alpha value is -3.82. The van der Waals surface area contributed by atoms with Gasteiger partial charge in [0.05, 0.1) is 33.5 Å². The zero-order valence-electron chi connectivity index (χ0n) is 26.9. The van der Waals surface area contributed by atoms with Crippen LogP contribution >= 0.6 is 0 Å². The lowest BCUT2D eigenvalue weighted by Gasteiger charge is -2.42.